The van der Waals surface area contributed by atoms with Crippen LogP contribution in [0.5, 0.6) is 0 Å². The Morgan fingerprint density at radius 1 is 1.27 bits per heavy atom. The van der Waals surface area contributed by atoms with Gasteiger partial charge >= 0.3 is 12.0 Å². The van der Waals surface area contributed by atoms with Gasteiger partial charge in [0.15, 0.2) is 0 Å². The van der Waals surface area contributed by atoms with Crippen molar-refractivity contribution >= 4 is 23.8 Å². The minimum atomic E-state index is -0.504. The topological polar surface area (TPSA) is 67.4 Å². The van der Waals surface area contributed by atoms with Gasteiger partial charge in [0.25, 0.3) is 0 Å². The maximum absolute atomic E-state index is 12.4. The van der Waals surface area contributed by atoms with Gasteiger partial charge in [0.05, 0.1) is 17.7 Å². The van der Waals surface area contributed by atoms with Crippen LogP contribution in [0.3, 0.4) is 0 Å². The zero-order chi connectivity index (χ0) is 16.3. The van der Waals surface area contributed by atoms with E-state index in [0.29, 0.717) is 11.3 Å². The van der Waals surface area contributed by atoms with Gasteiger partial charge in [0.1, 0.15) is 0 Å². The van der Waals surface area contributed by atoms with Gasteiger partial charge in [-0.25, -0.2) is 9.59 Å². The molecule has 0 saturated carbocycles. The van der Waals surface area contributed by atoms with E-state index in [1.807, 2.05) is 30.5 Å². The lowest BCUT2D eigenvalue weighted by Gasteiger charge is -2.28. The number of nitrogens with one attached hydrogen (secondary N) is 2. The molecule has 5 nitrogen and oxygen atoms in total. The number of benzene rings is 1. The van der Waals surface area contributed by atoms with Crippen LogP contribution in [0.15, 0.2) is 40.4 Å². The zero-order valence-corrected chi connectivity index (χ0v) is 13.9. The van der Waals surface area contributed by atoms with Crippen molar-refractivity contribution in [2.24, 2.45) is 0 Å². The van der Waals surface area contributed by atoms with E-state index >= 15 is 0 Å². The van der Waals surface area contributed by atoms with Crippen LogP contribution in [0.2, 0.25) is 0 Å². The normalized spacial score (nSPS) is 18.0. The van der Waals surface area contributed by atoms with Crippen molar-refractivity contribution in [3.05, 3.63) is 41.1 Å². The first-order valence-corrected chi connectivity index (χ1v) is 8.28. The Labute approximate surface area is 134 Å². The lowest BCUT2D eigenvalue weighted by molar-refractivity contribution is -0.143. The third kappa shape index (κ3) is 3.62. The largest absolute Gasteiger partial charge is 0.459 e. The molecule has 0 saturated heterocycles. The minimum absolute atomic E-state index is 0.218. The van der Waals surface area contributed by atoms with E-state index in [4.69, 9.17) is 4.74 Å². The summed E-state index contributed by atoms with van der Waals surface area (Å²) in [4.78, 5) is 25.2. The highest BCUT2D eigenvalue weighted by molar-refractivity contribution is 7.98. The van der Waals surface area contributed by atoms with Crippen molar-refractivity contribution in [3.8, 4) is 0 Å². The highest BCUT2D eigenvalue weighted by Crippen LogP contribution is 2.29. The van der Waals surface area contributed by atoms with Crippen LogP contribution in [-0.4, -0.2) is 24.4 Å². The Morgan fingerprint density at radius 3 is 2.45 bits per heavy atom. The van der Waals surface area contributed by atoms with Gasteiger partial charge in [-0.1, -0.05) is 12.1 Å². The summed E-state index contributed by atoms with van der Waals surface area (Å²) in [7, 11) is 0. The monoisotopic (exact) mass is 320 g/mol. The molecule has 1 aliphatic heterocycles. The summed E-state index contributed by atoms with van der Waals surface area (Å²) in [6, 6.07) is 6.94. The van der Waals surface area contributed by atoms with Gasteiger partial charge in [-0.3, -0.25) is 0 Å². The second-order valence-electron chi connectivity index (χ2n) is 5.30. The van der Waals surface area contributed by atoms with Crippen LogP contribution in [0.1, 0.15) is 32.4 Å². The van der Waals surface area contributed by atoms with Gasteiger partial charge in [-0.15, -0.1) is 11.8 Å². The van der Waals surface area contributed by atoms with Crippen molar-refractivity contribution in [1.29, 1.82) is 0 Å². The quantitative estimate of drug-likeness (QED) is 0.661. The number of rotatable bonds is 4. The Morgan fingerprint density at radius 2 is 1.91 bits per heavy atom. The van der Waals surface area contributed by atoms with Crippen LogP contribution >= 0.6 is 11.8 Å². The van der Waals surface area contributed by atoms with E-state index in [0.717, 1.165) is 10.5 Å². The molecule has 0 spiro atoms. The maximum Gasteiger partial charge on any atom is 0.338 e. The lowest BCUT2D eigenvalue weighted by Crippen LogP contribution is -2.45. The van der Waals surface area contributed by atoms with Crippen molar-refractivity contribution in [2.75, 3.05) is 6.26 Å². The summed E-state index contributed by atoms with van der Waals surface area (Å²) >= 11 is 1.64. The first-order valence-electron chi connectivity index (χ1n) is 7.05. The molecule has 0 aliphatic carbocycles. The molecule has 22 heavy (non-hydrogen) atoms. The molecule has 2 N–H and O–H groups in total. The van der Waals surface area contributed by atoms with Gasteiger partial charge in [-0.05, 0) is 44.7 Å². The molecule has 1 aliphatic rings. The molecule has 2 rings (SSSR count). The number of amides is 2. The average molecular weight is 320 g/mol. The predicted octanol–water partition coefficient (Wildman–Crippen LogP) is 2.99. The summed E-state index contributed by atoms with van der Waals surface area (Å²) in [5.74, 6) is -0.418. The van der Waals surface area contributed by atoms with Crippen LogP contribution in [0, 0.1) is 0 Å². The van der Waals surface area contributed by atoms with Crippen molar-refractivity contribution in [3.63, 3.8) is 0 Å². The number of carbonyl (C=O) groups excluding carboxylic acids is 2. The second kappa shape index (κ2) is 6.87. The SMILES string of the molecule is CSc1ccc([C@H]2NC(=O)NC(C)=C2C(=O)OC(C)C)cc1. The molecule has 0 bridgehead atoms. The van der Waals surface area contributed by atoms with E-state index < -0.39 is 12.0 Å². The molecule has 0 radical (unpaired) electrons. The number of urea groups is 1. The maximum atomic E-state index is 12.4. The number of hydrogen-bond donors (Lipinski definition) is 2. The molecule has 2 amide bonds. The molecule has 0 fully saturated rings. The highest BCUT2D eigenvalue weighted by atomic mass is 32.2. The fraction of sp³-hybridized carbons (Fsp3) is 0.375. The van der Waals surface area contributed by atoms with Crippen molar-refractivity contribution in [2.45, 2.75) is 37.8 Å². The summed E-state index contributed by atoms with van der Waals surface area (Å²) in [5, 5.41) is 5.42. The van der Waals surface area contributed by atoms with Crippen molar-refractivity contribution in [1.82, 2.24) is 10.6 Å². The van der Waals surface area contributed by atoms with Gasteiger partial charge in [-0.2, -0.15) is 0 Å². The Balaban J connectivity index is 2.38. The first kappa shape index (κ1) is 16.4. The molecule has 1 aromatic rings. The van der Waals surface area contributed by atoms with E-state index in [2.05, 4.69) is 10.6 Å². The fourth-order valence-electron chi connectivity index (χ4n) is 2.29. The Bertz CT molecular complexity index is 608. The number of hydrogen-bond acceptors (Lipinski definition) is 4. The van der Waals surface area contributed by atoms with Crippen LogP contribution in [0.25, 0.3) is 0 Å². The van der Waals surface area contributed by atoms with E-state index in [-0.39, 0.29) is 12.1 Å². The summed E-state index contributed by atoms with van der Waals surface area (Å²) < 4.78 is 5.30. The highest BCUT2D eigenvalue weighted by Gasteiger charge is 2.32. The summed E-state index contributed by atoms with van der Waals surface area (Å²) in [5.41, 5.74) is 1.81. The lowest BCUT2D eigenvalue weighted by atomic mass is 9.95. The summed E-state index contributed by atoms with van der Waals surface area (Å²) in [6.07, 6.45) is 1.78. The predicted molar refractivity (Wildman–Crippen MR) is 86.6 cm³/mol. The molecule has 6 heteroatoms. The third-order valence-corrected chi connectivity index (χ3v) is 4.02. The van der Waals surface area contributed by atoms with Gasteiger partial charge < -0.3 is 15.4 Å². The molecule has 1 aromatic carbocycles. The standard InChI is InChI=1S/C16H20N2O3S/c1-9(2)21-15(19)13-10(3)17-16(20)18-14(13)11-5-7-12(22-4)8-6-11/h5-9,14H,1-4H3,(H2,17,18,20)/t14-/m1/s1. The number of esters is 1. The Kier molecular flexibility index (Phi) is 5.13. The molecular weight excluding hydrogens is 300 g/mol. The smallest absolute Gasteiger partial charge is 0.338 e. The number of thioether (sulfide) groups is 1. The molecular formula is C16H20N2O3S. The molecule has 1 atom stereocenters. The minimum Gasteiger partial charge on any atom is -0.459 e. The Hall–Kier alpha value is -1.95. The van der Waals surface area contributed by atoms with Crippen molar-refractivity contribution < 1.29 is 14.3 Å². The first-order chi connectivity index (χ1) is 10.4. The van der Waals surface area contributed by atoms with Gasteiger partial charge in [0, 0.05) is 10.6 Å². The second-order valence-corrected chi connectivity index (χ2v) is 6.18. The van der Waals surface area contributed by atoms with Crippen LogP contribution < -0.4 is 10.6 Å². The van der Waals surface area contributed by atoms with Crippen LogP contribution in [0.4, 0.5) is 4.79 Å². The summed E-state index contributed by atoms with van der Waals surface area (Å²) in [6.45, 7) is 5.30. The third-order valence-electron chi connectivity index (χ3n) is 3.28. The molecule has 0 aromatic heterocycles. The molecule has 0 unspecified atom stereocenters. The molecule has 118 valence electrons. The number of ether oxygens (including phenoxy) is 1. The van der Waals surface area contributed by atoms with Gasteiger partial charge in [0.2, 0.25) is 0 Å². The van der Waals surface area contributed by atoms with E-state index in [9.17, 15) is 9.59 Å². The number of allylic oxidation sites excluding steroid dienone is 1. The zero-order valence-electron chi connectivity index (χ0n) is 13.1. The van der Waals surface area contributed by atoms with E-state index in [1.54, 1.807) is 32.5 Å². The molecule has 1 heterocycles. The number of carbonyl (C=O) groups is 2. The fourth-order valence-corrected chi connectivity index (χ4v) is 2.70. The average Bonchev–Trinajstić information content (AvgIpc) is 2.45. The van der Waals surface area contributed by atoms with Crippen LogP contribution in [-0.2, 0) is 9.53 Å². The van der Waals surface area contributed by atoms with E-state index in [1.165, 1.54) is 0 Å².